The van der Waals surface area contributed by atoms with Crippen LogP contribution in [-0.2, 0) is 0 Å². The summed E-state index contributed by atoms with van der Waals surface area (Å²) in [7, 11) is 0. The van der Waals surface area contributed by atoms with E-state index in [9.17, 15) is 0 Å². The van der Waals surface area contributed by atoms with Gasteiger partial charge in [-0.3, -0.25) is 0 Å². The molecular weight excluding hydrogens is 160 g/mol. The molecule has 2 unspecified atom stereocenters. The Morgan fingerprint density at radius 1 is 1.73 bits per heavy atom. The van der Waals surface area contributed by atoms with Crippen LogP contribution in [0.1, 0.15) is 13.8 Å². The number of nitriles is 1. The van der Waals surface area contributed by atoms with Crippen molar-refractivity contribution in [1.29, 1.82) is 5.26 Å². The standard InChI is InChI=1S/C8H13ClN2/c1-4-5-11(9)8(3)7(2)6-10/h4,7-8H,1,5H2,2-3H3. The molecule has 0 saturated heterocycles. The molecule has 0 bridgehead atoms. The summed E-state index contributed by atoms with van der Waals surface area (Å²) in [5.41, 5.74) is 0. The zero-order chi connectivity index (χ0) is 8.85. The molecule has 0 heterocycles. The summed E-state index contributed by atoms with van der Waals surface area (Å²) in [5, 5.41) is 8.56. The van der Waals surface area contributed by atoms with Crippen LogP contribution in [0.15, 0.2) is 12.7 Å². The highest BCUT2D eigenvalue weighted by Gasteiger charge is 2.16. The molecule has 2 atom stereocenters. The minimum absolute atomic E-state index is 0.0487. The van der Waals surface area contributed by atoms with Gasteiger partial charge in [0.15, 0.2) is 0 Å². The molecule has 0 spiro atoms. The Balaban J connectivity index is 3.91. The smallest absolute Gasteiger partial charge is 0.0669 e. The highest BCUT2D eigenvalue weighted by molar-refractivity contribution is 6.13. The minimum Gasteiger partial charge on any atom is -0.212 e. The van der Waals surface area contributed by atoms with Gasteiger partial charge >= 0.3 is 0 Å². The normalized spacial score (nSPS) is 15.5. The van der Waals surface area contributed by atoms with Crippen LogP contribution in [0.25, 0.3) is 0 Å². The van der Waals surface area contributed by atoms with E-state index in [1.165, 1.54) is 0 Å². The summed E-state index contributed by atoms with van der Waals surface area (Å²) >= 11 is 5.82. The van der Waals surface area contributed by atoms with Gasteiger partial charge in [-0.15, -0.1) is 6.58 Å². The van der Waals surface area contributed by atoms with Gasteiger partial charge in [0.25, 0.3) is 0 Å². The summed E-state index contributed by atoms with van der Waals surface area (Å²) in [5.74, 6) is -0.0487. The van der Waals surface area contributed by atoms with Crippen LogP contribution in [0.3, 0.4) is 0 Å². The summed E-state index contributed by atoms with van der Waals surface area (Å²) in [6.45, 7) is 7.94. The van der Waals surface area contributed by atoms with Gasteiger partial charge in [-0.2, -0.15) is 5.26 Å². The first-order valence-electron chi connectivity index (χ1n) is 3.56. The molecule has 0 saturated carbocycles. The van der Waals surface area contributed by atoms with Gasteiger partial charge in [-0.25, -0.2) is 4.42 Å². The van der Waals surface area contributed by atoms with Crippen molar-refractivity contribution in [2.45, 2.75) is 19.9 Å². The second-order valence-corrected chi connectivity index (χ2v) is 2.96. The van der Waals surface area contributed by atoms with Gasteiger partial charge in [0.05, 0.1) is 12.0 Å². The molecule has 0 fully saturated rings. The Morgan fingerprint density at radius 3 is 2.64 bits per heavy atom. The van der Waals surface area contributed by atoms with E-state index in [1.54, 1.807) is 10.5 Å². The van der Waals surface area contributed by atoms with Crippen molar-refractivity contribution in [3.8, 4) is 6.07 Å². The summed E-state index contributed by atoms with van der Waals surface area (Å²) < 4.78 is 1.58. The Morgan fingerprint density at radius 2 is 2.27 bits per heavy atom. The molecule has 0 N–H and O–H groups in total. The first kappa shape index (κ1) is 10.5. The fraction of sp³-hybridized carbons (Fsp3) is 0.625. The second kappa shape index (κ2) is 5.17. The number of rotatable bonds is 4. The highest BCUT2D eigenvalue weighted by atomic mass is 35.5. The summed E-state index contributed by atoms with van der Waals surface area (Å²) in [4.78, 5) is 0. The van der Waals surface area contributed by atoms with Gasteiger partial charge in [-0.05, 0) is 25.6 Å². The maximum atomic E-state index is 8.56. The molecule has 11 heavy (non-hydrogen) atoms. The van der Waals surface area contributed by atoms with Crippen LogP contribution in [0, 0.1) is 17.2 Å². The number of nitrogens with zero attached hydrogens (tertiary/aromatic N) is 2. The van der Waals surface area contributed by atoms with E-state index in [1.807, 2.05) is 13.8 Å². The lowest BCUT2D eigenvalue weighted by molar-refractivity contribution is 0.336. The molecule has 0 aliphatic heterocycles. The van der Waals surface area contributed by atoms with E-state index < -0.39 is 0 Å². The first-order valence-corrected chi connectivity index (χ1v) is 3.90. The van der Waals surface area contributed by atoms with Crippen molar-refractivity contribution in [2.75, 3.05) is 6.54 Å². The zero-order valence-electron chi connectivity index (χ0n) is 6.92. The van der Waals surface area contributed by atoms with Crippen molar-refractivity contribution >= 4 is 11.8 Å². The maximum Gasteiger partial charge on any atom is 0.0669 e. The average Bonchev–Trinajstić information content (AvgIpc) is 2.02. The van der Waals surface area contributed by atoms with Gasteiger partial charge in [-0.1, -0.05) is 6.08 Å². The number of hydrogen-bond donors (Lipinski definition) is 0. The van der Waals surface area contributed by atoms with Gasteiger partial charge in [0.2, 0.25) is 0 Å². The average molecular weight is 173 g/mol. The fourth-order valence-electron chi connectivity index (χ4n) is 0.640. The van der Waals surface area contributed by atoms with E-state index in [0.29, 0.717) is 6.54 Å². The quantitative estimate of drug-likeness (QED) is 0.480. The number of hydrogen-bond acceptors (Lipinski definition) is 2. The maximum absolute atomic E-state index is 8.56. The molecule has 0 aromatic carbocycles. The molecular formula is C8H13ClN2. The first-order chi connectivity index (χ1) is 5.13. The molecule has 0 aliphatic carbocycles. The van der Waals surface area contributed by atoms with Crippen molar-refractivity contribution in [3.63, 3.8) is 0 Å². The third-order valence-corrected chi connectivity index (χ3v) is 2.12. The van der Waals surface area contributed by atoms with Crippen LogP contribution < -0.4 is 0 Å². The van der Waals surface area contributed by atoms with E-state index in [0.717, 1.165) is 0 Å². The van der Waals surface area contributed by atoms with Crippen LogP contribution in [0.2, 0.25) is 0 Å². The SMILES string of the molecule is C=CCN(Cl)C(C)C(C)C#N. The van der Waals surface area contributed by atoms with Crippen molar-refractivity contribution in [1.82, 2.24) is 4.42 Å². The zero-order valence-corrected chi connectivity index (χ0v) is 7.67. The molecule has 3 heteroatoms. The Kier molecular flexibility index (Phi) is 4.93. The van der Waals surface area contributed by atoms with E-state index in [-0.39, 0.29) is 12.0 Å². The molecule has 0 aromatic heterocycles. The molecule has 0 rings (SSSR count). The highest BCUT2D eigenvalue weighted by Crippen LogP contribution is 2.11. The molecule has 0 aromatic rings. The van der Waals surface area contributed by atoms with E-state index in [4.69, 9.17) is 17.0 Å². The molecule has 0 amide bonds. The van der Waals surface area contributed by atoms with E-state index >= 15 is 0 Å². The fourth-order valence-corrected chi connectivity index (χ4v) is 0.907. The minimum atomic E-state index is -0.0487. The van der Waals surface area contributed by atoms with Gasteiger partial charge < -0.3 is 0 Å². The number of halogens is 1. The molecule has 0 aliphatic rings. The summed E-state index contributed by atoms with van der Waals surface area (Å²) in [6.07, 6.45) is 1.72. The second-order valence-electron chi connectivity index (χ2n) is 2.53. The lowest BCUT2D eigenvalue weighted by Gasteiger charge is -2.21. The van der Waals surface area contributed by atoms with E-state index in [2.05, 4.69) is 12.6 Å². The monoisotopic (exact) mass is 172 g/mol. The predicted octanol–water partition coefficient (Wildman–Crippen LogP) is 2.18. The third-order valence-electron chi connectivity index (χ3n) is 1.67. The lowest BCUT2D eigenvalue weighted by atomic mass is 10.1. The predicted molar refractivity (Wildman–Crippen MR) is 47.0 cm³/mol. The summed E-state index contributed by atoms with van der Waals surface area (Å²) in [6, 6.07) is 2.21. The van der Waals surface area contributed by atoms with Crippen LogP contribution in [0.5, 0.6) is 0 Å². The molecule has 62 valence electrons. The van der Waals surface area contributed by atoms with Gasteiger partial charge in [0, 0.05) is 12.6 Å². The van der Waals surface area contributed by atoms with Crippen LogP contribution in [-0.4, -0.2) is 17.0 Å². The van der Waals surface area contributed by atoms with Crippen LogP contribution >= 0.6 is 11.8 Å². The Labute approximate surface area is 73.2 Å². The van der Waals surface area contributed by atoms with Gasteiger partial charge in [0.1, 0.15) is 0 Å². The van der Waals surface area contributed by atoms with Crippen molar-refractivity contribution < 1.29 is 0 Å². The Bertz CT molecular complexity index is 162. The topological polar surface area (TPSA) is 27.0 Å². The Hall–Kier alpha value is -0.520. The van der Waals surface area contributed by atoms with Crippen molar-refractivity contribution in [3.05, 3.63) is 12.7 Å². The molecule has 0 radical (unpaired) electrons. The van der Waals surface area contributed by atoms with Crippen molar-refractivity contribution in [2.24, 2.45) is 5.92 Å². The third kappa shape index (κ3) is 3.41. The lowest BCUT2D eigenvalue weighted by Crippen LogP contribution is -2.29. The van der Waals surface area contributed by atoms with Crippen LogP contribution in [0.4, 0.5) is 0 Å². The molecule has 2 nitrogen and oxygen atoms in total. The largest absolute Gasteiger partial charge is 0.212 e.